The Labute approximate surface area is 92.0 Å². The molecular weight excluding hydrogens is 192 g/mol. The third-order valence-electron chi connectivity index (χ3n) is 3.49. The van der Waals surface area contributed by atoms with E-state index in [1.807, 2.05) is 11.8 Å². The fourth-order valence-corrected chi connectivity index (χ4v) is 3.49. The van der Waals surface area contributed by atoms with E-state index in [9.17, 15) is 0 Å². The van der Waals surface area contributed by atoms with Gasteiger partial charge in [0.25, 0.3) is 0 Å². The van der Waals surface area contributed by atoms with Gasteiger partial charge in [-0.15, -0.1) is 0 Å². The summed E-state index contributed by atoms with van der Waals surface area (Å²) >= 11 is 2.04. The maximum Gasteiger partial charge on any atom is 0.0261 e. The van der Waals surface area contributed by atoms with Crippen LogP contribution in [-0.4, -0.2) is 60.1 Å². The lowest BCUT2D eigenvalue weighted by Crippen LogP contribution is -2.56. The predicted octanol–water partition coefficient (Wildman–Crippen LogP) is 1.21. The highest BCUT2D eigenvalue weighted by atomic mass is 32.2. The number of piperazine rings is 1. The standard InChI is InChI=1S/C11H20N2S/c1-11(3-9-14-10-4-11)13-7-5-12(2)6-8-13/h1H,3-10H2,2H3. The zero-order chi connectivity index (χ0) is 10.0. The van der Waals surface area contributed by atoms with Crippen LogP contribution in [0.3, 0.4) is 0 Å². The fourth-order valence-electron chi connectivity index (χ4n) is 2.29. The van der Waals surface area contributed by atoms with Gasteiger partial charge in [-0.05, 0) is 38.3 Å². The molecule has 3 heteroatoms. The lowest BCUT2D eigenvalue weighted by molar-refractivity contribution is 0.0618. The lowest BCUT2D eigenvalue weighted by Gasteiger charge is -2.47. The van der Waals surface area contributed by atoms with E-state index in [-0.39, 0.29) is 5.54 Å². The molecule has 2 radical (unpaired) electrons. The van der Waals surface area contributed by atoms with Crippen molar-refractivity contribution in [2.24, 2.45) is 0 Å². The maximum absolute atomic E-state index is 6.47. The highest BCUT2D eigenvalue weighted by Gasteiger charge is 2.34. The van der Waals surface area contributed by atoms with E-state index in [2.05, 4.69) is 16.8 Å². The van der Waals surface area contributed by atoms with Crippen molar-refractivity contribution < 1.29 is 0 Å². The van der Waals surface area contributed by atoms with Crippen LogP contribution in [-0.2, 0) is 0 Å². The second kappa shape index (κ2) is 4.42. The number of likely N-dealkylation sites (N-methyl/N-ethyl adjacent to an activating group) is 1. The number of thioether (sulfide) groups is 1. The van der Waals surface area contributed by atoms with E-state index >= 15 is 0 Å². The summed E-state index contributed by atoms with van der Waals surface area (Å²) in [4.78, 5) is 4.89. The summed E-state index contributed by atoms with van der Waals surface area (Å²) < 4.78 is 0. The number of hydrogen-bond acceptors (Lipinski definition) is 3. The van der Waals surface area contributed by atoms with E-state index in [0.717, 1.165) is 13.1 Å². The molecule has 0 aromatic rings. The molecule has 2 rings (SSSR count). The minimum Gasteiger partial charge on any atom is -0.304 e. The largest absolute Gasteiger partial charge is 0.304 e. The first-order chi connectivity index (χ1) is 6.71. The molecule has 80 valence electrons. The molecule has 2 aliphatic rings. The average molecular weight is 212 g/mol. The van der Waals surface area contributed by atoms with E-state index in [0.29, 0.717) is 0 Å². The van der Waals surface area contributed by atoms with Gasteiger partial charge >= 0.3 is 0 Å². The number of nitrogens with zero attached hydrogens (tertiary/aromatic N) is 2. The third kappa shape index (κ3) is 2.26. The second-order valence-electron chi connectivity index (χ2n) is 4.51. The first-order valence-electron chi connectivity index (χ1n) is 5.51. The molecule has 2 fully saturated rings. The Morgan fingerprint density at radius 3 is 2.21 bits per heavy atom. The van der Waals surface area contributed by atoms with Crippen LogP contribution >= 0.6 is 11.8 Å². The Morgan fingerprint density at radius 1 is 1.07 bits per heavy atom. The Balaban J connectivity index is 1.92. The summed E-state index contributed by atoms with van der Waals surface area (Å²) in [7, 11) is 2.19. The van der Waals surface area contributed by atoms with E-state index in [4.69, 9.17) is 6.92 Å². The molecule has 0 amide bonds. The molecule has 0 aromatic heterocycles. The Morgan fingerprint density at radius 2 is 1.64 bits per heavy atom. The van der Waals surface area contributed by atoms with Crippen LogP contribution in [0.4, 0.5) is 0 Å². The normalized spacial score (nSPS) is 30.4. The molecule has 2 aliphatic heterocycles. The van der Waals surface area contributed by atoms with Crippen molar-refractivity contribution in [2.75, 3.05) is 44.7 Å². The van der Waals surface area contributed by atoms with Gasteiger partial charge in [-0.25, -0.2) is 0 Å². The molecule has 0 unspecified atom stereocenters. The van der Waals surface area contributed by atoms with Gasteiger partial charge in [0, 0.05) is 31.7 Å². The summed E-state index contributed by atoms with van der Waals surface area (Å²) in [5.41, 5.74) is 0.0203. The molecular formula is C11H20N2S. The fraction of sp³-hybridized carbons (Fsp3) is 0.909. The predicted molar refractivity (Wildman–Crippen MR) is 62.7 cm³/mol. The van der Waals surface area contributed by atoms with Crippen molar-refractivity contribution in [3.8, 4) is 0 Å². The van der Waals surface area contributed by atoms with E-state index in [1.165, 1.54) is 37.4 Å². The quantitative estimate of drug-likeness (QED) is 0.645. The van der Waals surface area contributed by atoms with Crippen LogP contribution in [0, 0.1) is 6.92 Å². The van der Waals surface area contributed by atoms with Crippen molar-refractivity contribution in [1.29, 1.82) is 0 Å². The molecule has 0 N–H and O–H groups in total. The minimum atomic E-state index is 0.0203. The smallest absolute Gasteiger partial charge is 0.0261 e. The average Bonchev–Trinajstić information content (AvgIpc) is 2.19. The third-order valence-corrected chi connectivity index (χ3v) is 4.48. The SMILES string of the molecule is [CH]C1(N2CCN(C)CC2)CCSCC1. The molecule has 2 nitrogen and oxygen atoms in total. The van der Waals surface area contributed by atoms with Crippen LogP contribution in [0.1, 0.15) is 12.8 Å². The Bertz CT molecular complexity index is 182. The van der Waals surface area contributed by atoms with Crippen molar-refractivity contribution in [2.45, 2.75) is 18.4 Å². The molecule has 0 atom stereocenters. The van der Waals surface area contributed by atoms with Crippen LogP contribution in [0.2, 0.25) is 0 Å². The van der Waals surface area contributed by atoms with Gasteiger partial charge in [-0.2, -0.15) is 11.8 Å². The van der Waals surface area contributed by atoms with Gasteiger partial charge in [0.1, 0.15) is 0 Å². The summed E-state index contributed by atoms with van der Waals surface area (Å²) in [6, 6.07) is 0. The topological polar surface area (TPSA) is 6.48 Å². The van der Waals surface area contributed by atoms with Crippen molar-refractivity contribution in [1.82, 2.24) is 9.80 Å². The first kappa shape index (κ1) is 10.8. The summed E-state index contributed by atoms with van der Waals surface area (Å²) in [5.74, 6) is 2.48. The van der Waals surface area contributed by atoms with Gasteiger partial charge in [0.05, 0.1) is 0 Å². The van der Waals surface area contributed by atoms with E-state index < -0.39 is 0 Å². The van der Waals surface area contributed by atoms with Gasteiger partial charge in [-0.3, -0.25) is 4.90 Å². The molecule has 0 aromatic carbocycles. The molecule has 0 saturated carbocycles. The van der Waals surface area contributed by atoms with Crippen molar-refractivity contribution in [3.63, 3.8) is 0 Å². The molecule has 0 spiro atoms. The molecule has 0 aliphatic carbocycles. The zero-order valence-electron chi connectivity index (χ0n) is 9.04. The van der Waals surface area contributed by atoms with Crippen LogP contribution < -0.4 is 0 Å². The van der Waals surface area contributed by atoms with Crippen LogP contribution in [0.15, 0.2) is 0 Å². The number of hydrogen-bond donors (Lipinski definition) is 0. The summed E-state index contributed by atoms with van der Waals surface area (Å²) in [6.45, 7) is 11.1. The second-order valence-corrected chi connectivity index (χ2v) is 5.73. The number of rotatable bonds is 1. The van der Waals surface area contributed by atoms with Crippen LogP contribution in [0.5, 0.6) is 0 Å². The monoisotopic (exact) mass is 212 g/mol. The van der Waals surface area contributed by atoms with Gasteiger partial charge in [0.2, 0.25) is 0 Å². The highest BCUT2D eigenvalue weighted by molar-refractivity contribution is 7.99. The lowest BCUT2D eigenvalue weighted by atomic mass is 9.92. The Kier molecular flexibility index (Phi) is 3.40. The molecule has 2 saturated heterocycles. The van der Waals surface area contributed by atoms with Gasteiger partial charge in [0.15, 0.2) is 0 Å². The summed E-state index contributed by atoms with van der Waals surface area (Å²) in [5, 5.41) is 0. The zero-order valence-corrected chi connectivity index (χ0v) is 9.85. The van der Waals surface area contributed by atoms with Crippen LogP contribution in [0.25, 0.3) is 0 Å². The molecule has 14 heavy (non-hydrogen) atoms. The summed E-state index contributed by atoms with van der Waals surface area (Å²) in [6.07, 6.45) is 2.34. The van der Waals surface area contributed by atoms with E-state index in [1.54, 1.807) is 0 Å². The molecule has 0 bridgehead atoms. The maximum atomic E-state index is 6.47. The minimum absolute atomic E-state index is 0.0203. The molecule has 2 heterocycles. The Hall–Kier alpha value is 0.270. The van der Waals surface area contributed by atoms with Gasteiger partial charge in [-0.1, -0.05) is 0 Å². The highest BCUT2D eigenvalue weighted by Crippen LogP contribution is 2.32. The van der Waals surface area contributed by atoms with Gasteiger partial charge < -0.3 is 4.90 Å². The van der Waals surface area contributed by atoms with Crippen molar-refractivity contribution in [3.05, 3.63) is 6.92 Å². The van der Waals surface area contributed by atoms with Crippen molar-refractivity contribution >= 4 is 11.8 Å². The first-order valence-corrected chi connectivity index (χ1v) is 6.66.